The lowest BCUT2D eigenvalue weighted by Gasteiger charge is -2.07. The SMILES string of the molecule is CC(=O)SCc1cccc(C(F)(F)F)c1. The fraction of sp³-hybridized carbons (Fsp3) is 0.300. The van der Waals surface area contributed by atoms with Gasteiger partial charge in [0.2, 0.25) is 0 Å². The van der Waals surface area contributed by atoms with Crippen LogP contribution in [0.25, 0.3) is 0 Å². The molecule has 0 aromatic heterocycles. The van der Waals surface area contributed by atoms with Crippen LogP contribution >= 0.6 is 11.8 Å². The van der Waals surface area contributed by atoms with Crippen molar-refractivity contribution >= 4 is 16.9 Å². The third-order valence-electron chi connectivity index (χ3n) is 1.70. The monoisotopic (exact) mass is 234 g/mol. The molecular weight excluding hydrogens is 225 g/mol. The molecule has 0 saturated carbocycles. The lowest BCUT2D eigenvalue weighted by atomic mass is 10.1. The Kier molecular flexibility index (Phi) is 3.79. The molecule has 0 radical (unpaired) electrons. The lowest BCUT2D eigenvalue weighted by molar-refractivity contribution is -0.137. The molecule has 1 aromatic carbocycles. The van der Waals surface area contributed by atoms with Gasteiger partial charge in [0.15, 0.2) is 5.12 Å². The number of carbonyl (C=O) groups excluding carboxylic acids is 1. The van der Waals surface area contributed by atoms with Gasteiger partial charge in [-0.3, -0.25) is 4.79 Å². The summed E-state index contributed by atoms with van der Waals surface area (Å²) in [4.78, 5) is 10.6. The van der Waals surface area contributed by atoms with E-state index in [4.69, 9.17) is 0 Å². The Morgan fingerprint density at radius 1 is 1.40 bits per heavy atom. The first-order valence-electron chi connectivity index (χ1n) is 4.19. The predicted octanol–water partition coefficient (Wildman–Crippen LogP) is 3.49. The molecule has 0 N–H and O–H groups in total. The van der Waals surface area contributed by atoms with Crippen LogP contribution in [0.15, 0.2) is 24.3 Å². The maximum atomic E-state index is 12.3. The van der Waals surface area contributed by atoms with Crippen molar-refractivity contribution in [3.8, 4) is 0 Å². The summed E-state index contributed by atoms with van der Waals surface area (Å²) in [6.07, 6.45) is -4.32. The molecule has 0 heterocycles. The second-order valence-corrected chi connectivity index (χ2v) is 4.13. The maximum absolute atomic E-state index is 12.3. The van der Waals surface area contributed by atoms with Crippen molar-refractivity contribution in [1.82, 2.24) is 0 Å². The van der Waals surface area contributed by atoms with Crippen LogP contribution in [0.2, 0.25) is 0 Å². The Morgan fingerprint density at radius 3 is 2.60 bits per heavy atom. The molecule has 0 saturated heterocycles. The minimum atomic E-state index is -4.32. The molecule has 1 aromatic rings. The Morgan fingerprint density at radius 2 is 2.07 bits per heavy atom. The Balaban J connectivity index is 2.79. The normalized spacial score (nSPS) is 11.5. The number of halogens is 3. The number of rotatable bonds is 2. The van der Waals surface area contributed by atoms with Gasteiger partial charge in [0.05, 0.1) is 5.56 Å². The van der Waals surface area contributed by atoms with Crippen molar-refractivity contribution in [3.05, 3.63) is 35.4 Å². The standard InChI is InChI=1S/C10H9F3OS/c1-7(14)15-6-8-3-2-4-9(5-8)10(11,12)13/h2-5H,6H2,1H3. The summed E-state index contributed by atoms with van der Waals surface area (Å²) in [5.74, 6) is 0.277. The Labute approximate surface area is 89.7 Å². The molecule has 0 aliphatic rings. The van der Waals surface area contributed by atoms with Crippen LogP contribution in [-0.4, -0.2) is 5.12 Å². The van der Waals surface area contributed by atoms with Crippen LogP contribution in [-0.2, 0) is 16.7 Å². The Hall–Kier alpha value is -0.970. The van der Waals surface area contributed by atoms with Gasteiger partial charge in [0.25, 0.3) is 0 Å². The van der Waals surface area contributed by atoms with Crippen molar-refractivity contribution in [2.75, 3.05) is 0 Å². The molecule has 0 atom stereocenters. The van der Waals surface area contributed by atoms with Gasteiger partial charge in [-0.2, -0.15) is 13.2 Å². The molecule has 5 heteroatoms. The highest BCUT2D eigenvalue weighted by Crippen LogP contribution is 2.30. The van der Waals surface area contributed by atoms with E-state index in [-0.39, 0.29) is 10.9 Å². The number of alkyl halides is 3. The van der Waals surface area contributed by atoms with E-state index in [2.05, 4.69) is 0 Å². The van der Waals surface area contributed by atoms with Crippen LogP contribution in [0.1, 0.15) is 18.1 Å². The zero-order valence-corrected chi connectivity index (χ0v) is 8.78. The first-order chi connectivity index (χ1) is 6.89. The topological polar surface area (TPSA) is 17.1 Å². The average molecular weight is 234 g/mol. The van der Waals surface area contributed by atoms with Gasteiger partial charge in [-0.1, -0.05) is 30.0 Å². The van der Waals surface area contributed by atoms with Crippen molar-refractivity contribution in [2.45, 2.75) is 18.9 Å². The molecule has 0 aliphatic heterocycles. The van der Waals surface area contributed by atoms with E-state index in [0.29, 0.717) is 5.56 Å². The zero-order valence-electron chi connectivity index (χ0n) is 7.97. The molecule has 0 fully saturated rings. The van der Waals surface area contributed by atoms with Crippen molar-refractivity contribution in [2.24, 2.45) is 0 Å². The Bertz CT molecular complexity index is 360. The first kappa shape index (κ1) is 12.1. The molecule has 1 nitrogen and oxygen atoms in total. The molecular formula is C10H9F3OS. The second-order valence-electron chi connectivity index (χ2n) is 2.98. The van der Waals surface area contributed by atoms with E-state index in [9.17, 15) is 18.0 Å². The highest BCUT2D eigenvalue weighted by Gasteiger charge is 2.30. The summed E-state index contributed by atoms with van der Waals surface area (Å²) >= 11 is 0.997. The van der Waals surface area contributed by atoms with Gasteiger partial charge >= 0.3 is 6.18 Å². The molecule has 15 heavy (non-hydrogen) atoms. The molecule has 0 unspecified atom stereocenters. The van der Waals surface area contributed by atoms with E-state index < -0.39 is 11.7 Å². The fourth-order valence-electron chi connectivity index (χ4n) is 1.02. The van der Waals surface area contributed by atoms with Crippen LogP contribution < -0.4 is 0 Å². The fourth-order valence-corrected chi connectivity index (χ4v) is 1.57. The van der Waals surface area contributed by atoms with Gasteiger partial charge in [0, 0.05) is 12.7 Å². The van der Waals surface area contributed by atoms with Crippen LogP contribution in [0.5, 0.6) is 0 Å². The maximum Gasteiger partial charge on any atom is 0.416 e. The number of hydrogen-bond donors (Lipinski definition) is 0. The van der Waals surface area contributed by atoms with Gasteiger partial charge in [0.1, 0.15) is 0 Å². The van der Waals surface area contributed by atoms with E-state index in [1.807, 2.05) is 0 Å². The summed E-state index contributed by atoms with van der Waals surface area (Å²) in [6.45, 7) is 1.39. The molecule has 0 aliphatic carbocycles. The van der Waals surface area contributed by atoms with Crippen LogP contribution in [0.3, 0.4) is 0 Å². The van der Waals surface area contributed by atoms with E-state index in [0.717, 1.165) is 23.9 Å². The summed E-state index contributed by atoms with van der Waals surface area (Å²) in [5.41, 5.74) is -0.172. The molecule has 0 amide bonds. The molecule has 1 rings (SSSR count). The first-order valence-corrected chi connectivity index (χ1v) is 5.17. The van der Waals surface area contributed by atoms with Gasteiger partial charge in [-0.05, 0) is 11.6 Å². The van der Waals surface area contributed by atoms with Crippen LogP contribution in [0.4, 0.5) is 13.2 Å². The predicted molar refractivity (Wildman–Crippen MR) is 53.4 cm³/mol. The quantitative estimate of drug-likeness (QED) is 0.779. The third-order valence-corrected chi connectivity index (χ3v) is 2.58. The molecule has 0 bridgehead atoms. The zero-order chi connectivity index (χ0) is 11.5. The number of thioether (sulfide) groups is 1. The highest BCUT2D eigenvalue weighted by atomic mass is 32.2. The van der Waals surface area contributed by atoms with Crippen LogP contribution in [0, 0.1) is 0 Å². The van der Waals surface area contributed by atoms with E-state index in [1.165, 1.54) is 13.0 Å². The van der Waals surface area contributed by atoms with Crippen molar-refractivity contribution in [3.63, 3.8) is 0 Å². The largest absolute Gasteiger partial charge is 0.416 e. The highest BCUT2D eigenvalue weighted by molar-refractivity contribution is 8.12. The minimum Gasteiger partial charge on any atom is -0.288 e. The van der Waals surface area contributed by atoms with E-state index in [1.54, 1.807) is 6.07 Å². The average Bonchev–Trinajstić information content (AvgIpc) is 2.14. The van der Waals surface area contributed by atoms with Gasteiger partial charge < -0.3 is 0 Å². The van der Waals surface area contributed by atoms with Gasteiger partial charge in [-0.15, -0.1) is 0 Å². The summed E-state index contributed by atoms with van der Waals surface area (Å²) < 4.78 is 36.9. The van der Waals surface area contributed by atoms with E-state index >= 15 is 0 Å². The van der Waals surface area contributed by atoms with Gasteiger partial charge in [-0.25, -0.2) is 0 Å². The summed E-state index contributed by atoms with van der Waals surface area (Å²) in [7, 11) is 0. The molecule has 82 valence electrons. The number of hydrogen-bond acceptors (Lipinski definition) is 2. The summed E-state index contributed by atoms with van der Waals surface area (Å²) in [6, 6.07) is 5.00. The lowest BCUT2D eigenvalue weighted by Crippen LogP contribution is -2.05. The minimum absolute atomic E-state index is 0.104. The smallest absolute Gasteiger partial charge is 0.288 e. The molecule has 0 spiro atoms. The second kappa shape index (κ2) is 4.70. The summed E-state index contributed by atoms with van der Waals surface area (Å²) in [5, 5.41) is -0.104. The van der Waals surface area contributed by atoms with Crippen molar-refractivity contribution in [1.29, 1.82) is 0 Å². The van der Waals surface area contributed by atoms with Crippen molar-refractivity contribution < 1.29 is 18.0 Å². The third kappa shape index (κ3) is 3.95. The number of carbonyl (C=O) groups is 1. The number of benzene rings is 1.